The molecule has 0 N–H and O–H groups in total. The molecule has 0 amide bonds. The van der Waals surface area contributed by atoms with Crippen molar-refractivity contribution in [1.82, 2.24) is 4.98 Å². The van der Waals surface area contributed by atoms with Gasteiger partial charge in [-0.3, -0.25) is 4.99 Å². The Morgan fingerprint density at radius 2 is 1.93 bits per heavy atom. The molecule has 3 aromatic carbocycles. The van der Waals surface area contributed by atoms with Gasteiger partial charge in [0.25, 0.3) is 0 Å². The van der Waals surface area contributed by atoms with Gasteiger partial charge in [-0.2, -0.15) is 0 Å². The molecule has 4 rings (SSSR count). The quantitative estimate of drug-likeness (QED) is 0.260. The van der Waals surface area contributed by atoms with Crippen LogP contribution in [-0.4, -0.2) is 18.3 Å². The molecular weight excluding hydrogens is 487 g/mol. The minimum absolute atomic E-state index is 0.534. The zero-order chi connectivity index (χ0) is 21.1. The number of halogens is 3. The Morgan fingerprint density at radius 3 is 2.70 bits per heavy atom. The number of methoxy groups -OCH3 is 1. The third kappa shape index (κ3) is 4.59. The predicted octanol–water partition coefficient (Wildman–Crippen LogP) is 7.99. The maximum Gasteiger partial charge on any atom is 0.227 e. The van der Waals surface area contributed by atoms with E-state index < -0.39 is 0 Å². The van der Waals surface area contributed by atoms with Gasteiger partial charge in [0.15, 0.2) is 5.58 Å². The van der Waals surface area contributed by atoms with Gasteiger partial charge >= 0.3 is 0 Å². The number of hydrogen-bond donors (Lipinski definition) is 0. The molecule has 30 heavy (non-hydrogen) atoms. The molecule has 4 nitrogen and oxygen atoms in total. The van der Waals surface area contributed by atoms with Crippen LogP contribution in [0.15, 0.2) is 74.6 Å². The van der Waals surface area contributed by atoms with Crippen molar-refractivity contribution < 1.29 is 9.15 Å². The van der Waals surface area contributed by atoms with E-state index in [1.54, 1.807) is 25.5 Å². The molecular formula is C23H15BrCl2N2O2. The van der Waals surface area contributed by atoms with E-state index in [1.807, 2.05) is 54.6 Å². The topological polar surface area (TPSA) is 47.6 Å². The van der Waals surface area contributed by atoms with Crippen molar-refractivity contribution >= 4 is 68.2 Å². The van der Waals surface area contributed by atoms with E-state index >= 15 is 0 Å². The first-order chi connectivity index (χ1) is 14.5. The second-order valence-corrected chi connectivity index (χ2v) is 8.02. The molecule has 0 aliphatic rings. The Kier molecular flexibility index (Phi) is 6.23. The highest BCUT2D eigenvalue weighted by atomic mass is 79.9. The summed E-state index contributed by atoms with van der Waals surface area (Å²) in [4.78, 5) is 9.04. The van der Waals surface area contributed by atoms with Crippen molar-refractivity contribution in [3.05, 3.63) is 80.8 Å². The molecule has 0 saturated carbocycles. The Labute approximate surface area is 191 Å². The normalized spacial score (nSPS) is 11.7. The van der Waals surface area contributed by atoms with Crippen molar-refractivity contribution in [2.75, 3.05) is 7.11 Å². The number of ether oxygens (including phenoxy) is 1. The van der Waals surface area contributed by atoms with Gasteiger partial charge in [0, 0.05) is 21.8 Å². The van der Waals surface area contributed by atoms with Gasteiger partial charge in [-0.15, -0.1) is 0 Å². The summed E-state index contributed by atoms with van der Waals surface area (Å²) in [5, 5.41) is 1.20. The molecule has 0 saturated heterocycles. The fourth-order valence-corrected chi connectivity index (χ4v) is 3.84. The summed E-state index contributed by atoms with van der Waals surface area (Å²) in [7, 11) is 1.63. The van der Waals surface area contributed by atoms with Crippen LogP contribution in [0.2, 0.25) is 10.0 Å². The van der Waals surface area contributed by atoms with Crippen molar-refractivity contribution in [3.8, 4) is 17.2 Å². The first-order valence-corrected chi connectivity index (χ1v) is 10.5. The maximum absolute atomic E-state index is 6.16. The molecule has 7 heteroatoms. The molecule has 4 aromatic rings. The number of aliphatic imine (C=N–C) groups is 1. The summed E-state index contributed by atoms with van der Waals surface area (Å²) in [6.07, 6.45) is 5.40. The SMILES string of the molecule is COc1ccc(-c2nc3cc(N=CC=Cc4ccc(Cl)cc4Cl)ccc3o2)cc1Br. The summed E-state index contributed by atoms with van der Waals surface area (Å²) >= 11 is 15.6. The lowest BCUT2D eigenvalue weighted by Gasteiger charge is -2.03. The van der Waals surface area contributed by atoms with E-state index in [1.165, 1.54) is 0 Å². The first kappa shape index (κ1) is 20.7. The van der Waals surface area contributed by atoms with E-state index in [0.29, 0.717) is 21.5 Å². The minimum atomic E-state index is 0.534. The fraction of sp³-hybridized carbons (Fsp3) is 0.0435. The lowest BCUT2D eigenvalue weighted by Crippen LogP contribution is -1.85. The van der Waals surface area contributed by atoms with Gasteiger partial charge in [0.05, 0.1) is 17.3 Å². The van der Waals surface area contributed by atoms with Crippen LogP contribution in [0, 0.1) is 0 Å². The third-order valence-electron chi connectivity index (χ3n) is 4.32. The number of rotatable bonds is 5. The molecule has 0 aliphatic heterocycles. The van der Waals surface area contributed by atoms with E-state index in [9.17, 15) is 0 Å². The Hall–Kier alpha value is -2.60. The Morgan fingerprint density at radius 1 is 1.07 bits per heavy atom. The van der Waals surface area contributed by atoms with E-state index in [4.69, 9.17) is 32.4 Å². The van der Waals surface area contributed by atoms with Crippen LogP contribution in [0.25, 0.3) is 28.6 Å². The number of fused-ring (bicyclic) bond motifs is 1. The lowest BCUT2D eigenvalue weighted by molar-refractivity contribution is 0.412. The highest BCUT2D eigenvalue weighted by Crippen LogP contribution is 2.32. The number of hydrogen-bond acceptors (Lipinski definition) is 4. The highest BCUT2D eigenvalue weighted by Gasteiger charge is 2.11. The number of aromatic nitrogens is 1. The molecule has 0 spiro atoms. The fourth-order valence-electron chi connectivity index (χ4n) is 2.83. The predicted molar refractivity (Wildman–Crippen MR) is 127 cm³/mol. The largest absolute Gasteiger partial charge is 0.496 e. The van der Waals surface area contributed by atoms with Crippen LogP contribution in [0.4, 0.5) is 5.69 Å². The monoisotopic (exact) mass is 500 g/mol. The molecule has 1 heterocycles. The first-order valence-electron chi connectivity index (χ1n) is 8.94. The number of benzene rings is 3. The summed E-state index contributed by atoms with van der Waals surface area (Å²) in [5.74, 6) is 1.28. The second-order valence-electron chi connectivity index (χ2n) is 6.32. The molecule has 1 aromatic heterocycles. The van der Waals surface area contributed by atoms with Crippen LogP contribution >= 0.6 is 39.1 Å². The van der Waals surface area contributed by atoms with Crippen LogP contribution < -0.4 is 4.74 Å². The van der Waals surface area contributed by atoms with Gasteiger partial charge in [0.1, 0.15) is 11.3 Å². The molecule has 0 bridgehead atoms. The van der Waals surface area contributed by atoms with E-state index in [-0.39, 0.29) is 0 Å². The van der Waals surface area contributed by atoms with Crippen molar-refractivity contribution in [2.45, 2.75) is 0 Å². The Bertz CT molecular complexity index is 1280. The van der Waals surface area contributed by atoms with Crippen molar-refractivity contribution in [2.24, 2.45) is 4.99 Å². The summed E-state index contributed by atoms with van der Waals surface area (Å²) in [6, 6.07) is 16.6. The van der Waals surface area contributed by atoms with Crippen molar-refractivity contribution in [3.63, 3.8) is 0 Å². The van der Waals surface area contributed by atoms with Crippen LogP contribution in [0.1, 0.15) is 5.56 Å². The van der Waals surface area contributed by atoms with Crippen LogP contribution in [-0.2, 0) is 0 Å². The van der Waals surface area contributed by atoms with Gasteiger partial charge in [-0.1, -0.05) is 35.3 Å². The third-order valence-corrected chi connectivity index (χ3v) is 5.50. The van der Waals surface area contributed by atoms with E-state index in [2.05, 4.69) is 25.9 Å². The summed E-state index contributed by atoms with van der Waals surface area (Å²) < 4.78 is 12.0. The van der Waals surface area contributed by atoms with Gasteiger partial charge < -0.3 is 9.15 Å². The number of nitrogens with zero attached hydrogens (tertiary/aromatic N) is 2. The Balaban J connectivity index is 1.54. The average molecular weight is 502 g/mol. The van der Waals surface area contributed by atoms with Crippen molar-refractivity contribution in [1.29, 1.82) is 0 Å². The highest BCUT2D eigenvalue weighted by molar-refractivity contribution is 9.10. The number of oxazole rings is 1. The number of allylic oxidation sites excluding steroid dienone is 1. The summed E-state index contributed by atoms with van der Waals surface area (Å²) in [6.45, 7) is 0. The molecule has 150 valence electrons. The van der Waals surface area contributed by atoms with E-state index in [0.717, 1.165) is 32.6 Å². The van der Waals surface area contributed by atoms with Crippen LogP contribution in [0.5, 0.6) is 5.75 Å². The molecule has 0 atom stereocenters. The van der Waals surface area contributed by atoms with Crippen LogP contribution in [0.3, 0.4) is 0 Å². The smallest absolute Gasteiger partial charge is 0.227 e. The lowest BCUT2D eigenvalue weighted by atomic mass is 10.2. The van der Waals surface area contributed by atoms with Gasteiger partial charge in [-0.25, -0.2) is 4.98 Å². The van der Waals surface area contributed by atoms with Gasteiger partial charge in [-0.05, 0) is 76.1 Å². The van der Waals surface area contributed by atoms with Gasteiger partial charge in [0.2, 0.25) is 5.89 Å². The summed E-state index contributed by atoms with van der Waals surface area (Å²) in [5.41, 5.74) is 3.92. The zero-order valence-corrected chi connectivity index (χ0v) is 18.9. The molecule has 0 fully saturated rings. The standard InChI is InChI=1S/C23H15BrCl2N2O2/c1-29-21-8-5-15(11-18(21)24)23-28-20-13-17(7-9-22(20)30-23)27-10-2-3-14-4-6-16(25)12-19(14)26/h2-13H,1H3. The molecule has 0 unspecified atom stereocenters. The minimum Gasteiger partial charge on any atom is -0.496 e. The second kappa shape index (κ2) is 9.04. The average Bonchev–Trinajstić information content (AvgIpc) is 3.16. The molecule has 0 aliphatic carbocycles. The molecule has 0 radical (unpaired) electrons. The maximum atomic E-state index is 6.16. The zero-order valence-electron chi connectivity index (χ0n) is 15.8.